The van der Waals surface area contributed by atoms with Crippen molar-refractivity contribution in [3.8, 4) is 0 Å². The van der Waals surface area contributed by atoms with E-state index in [1.807, 2.05) is 18.2 Å². The van der Waals surface area contributed by atoms with E-state index in [9.17, 15) is 0 Å². The number of aromatic nitrogens is 2. The first kappa shape index (κ1) is 17.5. The highest BCUT2D eigenvalue weighted by atomic mass is 35.5. The lowest BCUT2D eigenvalue weighted by Crippen LogP contribution is -2.21. The van der Waals surface area contributed by atoms with Gasteiger partial charge in [0.2, 0.25) is 5.95 Å². The van der Waals surface area contributed by atoms with E-state index in [2.05, 4.69) is 53.5 Å². The molecule has 0 spiro atoms. The number of nitrogens with zero attached hydrogens (tertiary/aromatic N) is 3. The van der Waals surface area contributed by atoms with Gasteiger partial charge in [-0.15, -0.1) is 12.4 Å². The van der Waals surface area contributed by atoms with Crippen LogP contribution in [0.3, 0.4) is 0 Å². The molecule has 1 saturated heterocycles. The number of fused-ring (bicyclic) bond motifs is 1. The number of hydrogen-bond donors (Lipinski definition) is 1. The standard InChI is InChI=1S/C20H22N4.ClH/c1-15(16-9-3-2-4-10-16)21-19-17-11-5-6-12-18(17)22-20(23-19)24-13-7-8-14-24;/h2-6,9-12,15H,7-8,13-14H2,1H3,(H,21,22,23);1H. The van der Waals surface area contributed by atoms with Gasteiger partial charge < -0.3 is 10.2 Å². The molecule has 1 aliphatic rings. The Hall–Kier alpha value is -2.33. The zero-order valence-corrected chi connectivity index (χ0v) is 15.2. The normalized spacial score (nSPS) is 15.0. The first-order valence-corrected chi connectivity index (χ1v) is 8.64. The molecular formula is C20H23ClN4. The van der Waals surface area contributed by atoms with E-state index in [0.29, 0.717) is 0 Å². The first-order valence-electron chi connectivity index (χ1n) is 8.64. The molecule has 1 unspecified atom stereocenters. The second kappa shape index (κ2) is 7.70. The number of nitrogens with one attached hydrogen (secondary N) is 1. The van der Waals surface area contributed by atoms with Crippen LogP contribution in [0.2, 0.25) is 0 Å². The lowest BCUT2D eigenvalue weighted by Gasteiger charge is -2.20. The summed E-state index contributed by atoms with van der Waals surface area (Å²) in [4.78, 5) is 11.9. The molecule has 2 heterocycles. The highest BCUT2D eigenvalue weighted by Gasteiger charge is 2.18. The average molecular weight is 355 g/mol. The van der Waals surface area contributed by atoms with Crippen LogP contribution in [0.4, 0.5) is 11.8 Å². The fourth-order valence-electron chi connectivity index (χ4n) is 3.26. The van der Waals surface area contributed by atoms with Gasteiger partial charge in [-0.25, -0.2) is 4.98 Å². The van der Waals surface area contributed by atoms with E-state index in [-0.39, 0.29) is 18.4 Å². The molecule has 1 atom stereocenters. The van der Waals surface area contributed by atoms with Gasteiger partial charge in [-0.2, -0.15) is 4.98 Å². The Kier molecular flexibility index (Phi) is 5.39. The van der Waals surface area contributed by atoms with Crippen LogP contribution in [0, 0.1) is 0 Å². The van der Waals surface area contributed by atoms with Gasteiger partial charge >= 0.3 is 0 Å². The lowest BCUT2D eigenvalue weighted by atomic mass is 10.1. The summed E-state index contributed by atoms with van der Waals surface area (Å²) in [5.74, 6) is 1.76. The second-order valence-electron chi connectivity index (χ2n) is 6.36. The molecule has 25 heavy (non-hydrogen) atoms. The van der Waals surface area contributed by atoms with Crippen molar-refractivity contribution in [1.82, 2.24) is 9.97 Å². The predicted molar refractivity (Wildman–Crippen MR) is 107 cm³/mol. The van der Waals surface area contributed by atoms with Crippen LogP contribution in [-0.2, 0) is 0 Å². The van der Waals surface area contributed by atoms with Crippen molar-refractivity contribution in [2.24, 2.45) is 0 Å². The summed E-state index contributed by atoms with van der Waals surface area (Å²) in [6.45, 7) is 4.26. The van der Waals surface area contributed by atoms with Gasteiger partial charge in [0, 0.05) is 24.5 Å². The summed E-state index contributed by atoms with van der Waals surface area (Å²) < 4.78 is 0. The molecule has 0 amide bonds. The molecule has 0 bridgehead atoms. The smallest absolute Gasteiger partial charge is 0.227 e. The first-order chi connectivity index (χ1) is 11.8. The zero-order valence-electron chi connectivity index (χ0n) is 14.4. The molecule has 1 fully saturated rings. The van der Waals surface area contributed by atoms with Crippen molar-refractivity contribution in [3.05, 3.63) is 60.2 Å². The van der Waals surface area contributed by atoms with Gasteiger partial charge in [-0.05, 0) is 37.5 Å². The fraction of sp³-hybridized carbons (Fsp3) is 0.300. The molecule has 3 aromatic rings. The molecule has 4 rings (SSSR count). The van der Waals surface area contributed by atoms with Crippen molar-refractivity contribution in [2.75, 3.05) is 23.3 Å². The van der Waals surface area contributed by atoms with Crippen LogP contribution >= 0.6 is 12.4 Å². The minimum Gasteiger partial charge on any atom is -0.363 e. The van der Waals surface area contributed by atoms with Crippen molar-refractivity contribution in [1.29, 1.82) is 0 Å². The summed E-state index contributed by atoms with van der Waals surface area (Å²) in [5, 5.41) is 4.66. The maximum atomic E-state index is 4.85. The van der Waals surface area contributed by atoms with Gasteiger partial charge in [-0.1, -0.05) is 42.5 Å². The van der Waals surface area contributed by atoms with Crippen LogP contribution in [0.1, 0.15) is 31.4 Å². The SMILES string of the molecule is CC(Nc1nc(N2CCCC2)nc2ccccc12)c1ccccc1.Cl. The van der Waals surface area contributed by atoms with Gasteiger partial charge in [-0.3, -0.25) is 0 Å². The molecule has 0 saturated carbocycles. The highest BCUT2D eigenvalue weighted by Crippen LogP contribution is 2.28. The van der Waals surface area contributed by atoms with E-state index >= 15 is 0 Å². The Morgan fingerprint density at radius 3 is 2.36 bits per heavy atom. The molecule has 2 aromatic carbocycles. The second-order valence-corrected chi connectivity index (χ2v) is 6.36. The summed E-state index contributed by atoms with van der Waals surface area (Å²) in [6, 6.07) is 18.9. The quantitative estimate of drug-likeness (QED) is 0.728. The Morgan fingerprint density at radius 2 is 1.60 bits per heavy atom. The lowest BCUT2D eigenvalue weighted by molar-refractivity contribution is 0.863. The van der Waals surface area contributed by atoms with E-state index < -0.39 is 0 Å². The highest BCUT2D eigenvalue weighted by molar-refractivity contribution is 5.90. The largest absolute Gasteiger partial charge is 0.363 e. The third-order valence-electron chi connectivity index (χ3n) is 4.63. The van der Waals surface area contributed by atoms with Gasteiger partial charge in [0.05, 0.1) is 5.52 Å². The molecule has 1 N–H and O–H groups in total. The van der Waals surface area contributed by atoms with Crippen LogP contribution in [0.15, 0.2) is 54.6 Å². The molecule has 5 heteroatoms. The molecule has 4 nitrogen and oxygen atoms in total. The van der Waals surface area contributed by atoms with E-state index in [1.54, 1.807) is 0 Å². The van der Waals surface area contributed by atoms with Crippen molar-refractivity contribution < 1.29 is 0 Å². The predicted octanol–water partition coefficient (Wildman–Crippen LogP) is 4.82. The van der Waals surface area contributed by atoms with Crippen LogP contribution in [-0.4, -0.2) is 23.1 Å². The molecule has 1 aromatic heterocycles. The van der Waals surface area contributed by atoms with Crippen molar-refractivity contribution >= 4 is 35.1 Å². The monoisotopic (exact) mass is 354 g/mol. The summed E-state index contributed by atoms with van der Waals surface area (Å²) in [7, 11) is 0. The molecule has 1 aliphatic heterocycles. The van der Waals surface area contributed by atoms with Crippen LogP contribution < -0.4 is 10.2 Å². The summed E-state index contributed by atoms with van der Waals surface area (Å²) in [6.07, 6.45) is 2.44. The number of halogens is 1. The fourth-order valence-corrected chi connectivity index (χ4v) is 3.26. The zero-order chi connectivity index (χ0) is 16.4. The number of benzene rings is 2. The van der Waals surface area contributed by atoms with Gasteiger partial charge in [0.15, 0.2) is 0 Å². The van der Waals surface area contributed by atoms with Crippen LogP contribution in [0.5, 0.6) is 0 Å². The molecular weight excluding hydrogens is 332 g/mol. The minimum absolute atomic E-state index is 0. The Balaban J connectivity index is 0.00000182. The van der Waals surface area contributed by atoms with Crippen LogP contribution in [0.25, 0.3) is 10.9 Å². The Morgan fingerprint density at radius 1 is 0.920 bits per heavy atom. The number of rotatable bonds is 4. The summed E-state index contributed by atoms with van der Waals surface area (Å²) in [5.41, 5.74) is 2.25. The third kappa shape index (κ3) is 3.69. The third-order valence-corrected chi connectivity index (χ3v) is 4.63. The maximum absolute atomic E-state index is 4.85. The summed E-state index contributed by atoms with van der Waals surface area (Å²) >= 11 is 0. The minimum atomic E-state index is 0. The van der Waals surface area contributed by atoms with E-state index in [4.69, 9.17) is 9.97 Å². The number of para-hydroxylation sites is 1. The number of anilines is 2. The van der Waals surface area contributed by atoms with E-state index in [1.165, 1.54) is 18.4 Å². The Labute approximate surface area is 154 Å². The number of hydrogen-bond acceptors (Lipinski definition) is 4. The average Bonchev–Trinajstić information content (AvgIpc) is 3.17. The van der Waals surface area contributed by atoms with Crippen molar-refractivity contribution in [3.63, 3.8) is 0 Å². The molecule has 130 valence electrons. The van der Waals surface area contributed by atoms with Gasteiger partial charge in [0.25, 0.3) is 0 Å². The molecule has 0 aliphatic carbocycles. The van der Waals surface area contributed by atoms with Crippen molar-refractivity contribution in [2.45, 2.75) is 25.8 Å². The topological polar surface area (TPSA) is 41.1 Å². The Bertz CT molecular complexity index is 831. The van der Waals surface area contributed by atoms with E-state index in [0.717, 1.165) is 35.8 Å². The molecule has 0 radical (unpaired) electrons. The maximum Gasteiger partial charge on any atom is 0.227 e. The van der Waals surface area contributed by atoms with Gasteiger partial charge in [0.1, 0.15) is 5.82 Å².